The third kappa shape index (κ3) is 2.97. The van der Waals surface area contributed by atoms with Gasteiger partial charge in [-0.15, -0.1) is 0 Å². The van der Waals surface area contributed by atoms with Crippen LogP contribution in [0.1, 0.15) is 10.4 Å². The number of nitrogens with zero attached hydrogens (tertiary/aromatic N) is 1. The van der Waals surface area contributed by atoms with E-state index in [0.717, 1.165) is 5.69 Å². The Morgan fingerprint density at radius 3 is 2.50 bits per heavy atom. The van der Waals surface area contributed by atoms with Gasteiger partial charge in [-0.3, -0.25) is 4.79 Å². The number of carbonyl (C=O) groups is 1. The van der Waals surface area contributed by atoms with Crippen LogP contribution in [0.2, 0.25) is 0 Å². The highest BCUT2D eigenvalue weighted by atomic mass is 16.8. The SMILES string of the molecule is COCONC(=O)c1ccc(-n2cccc2)cc1. The third-order valence-corrected chi connectivity index (χ3v) is 2.37. The quantitative estimate of drug-likeness (QED) is 0.496. The van der Waals surface area contributed by atoms with E-state index in [2.05, 4.69) is 10.2 Å². The fourth-order valence-electron chi connectivity index (χ4n) is 1.50. The predicted molar refractivity (Wildman–Crippen MR) is 66.2 cm³/mol. The van der Waals surface area contributed by atoms with Gasteiger partial charge in [0.1, 0.15) is 0 Å². The summed E-state index contributed by atoms with van der Waals surface area (Å²) in [5.41, 5.74) is 3.81. The van der Waals surface area contributed by atoms with Crippen molar-refractivity contribution >= 4 is 5.91 Å². The molecule has 1 N–H and O–H groups in total. The zero-order valence-electron chi connectivity index (χ0n) is 10.00. The summed E-state index contributed by atoms with van der Waals surface area (Å²) in [6.45, 7) is 0.0210. The molecule has 1 heterocycles. The second-order valence-electron chi connectivity index (χ2n) is 3.62. The second kappa shape index (κ2) is 6.00. The number of carbonyl (C=O) groups excluding carboxylic acids is 1. The minimum Gasteiger partial charge on any atom is -0.356 e. The number of hydrogen-bond donors (Lipinski definition) is 1. The summed E-state index contributed by atoms with van der Waals surface area (Å²) in [7, 11) is 1.48. The number of rotatable bonds is 5. The van der Waals surface area contributed by atoms with Crippen molar-refractivity contribution in [2.24, 2.45) is 0 Å². The zero-order chi connectivity index (χ0) is 12.8. The van der Waals surface area contributed by atoms with Gasteiger partial charge in [0, 0.05) is 30.8 Å². The van der Waals surface area contributed by atoms with Crippen LogP contribution in [0.25, 0.3) is 5.69 Å². The summed E-state index contributed by atoms with van der Waals surface area (Å²) in [5, 5.41) is 0. The molecular weight excluding hydrogens is 232 g/mol. The molecule has 0 aliphatic heterocycles. The fourth-order valence-corrected chi connectivity index (χ4v) is 1.50. The lowest BCUT2D eigenvalue weighted by molar-refractivity contribution is -0.0704. The Bertz CT molecular complexity index is 491. The van der Waals surface area contributed by atoms with Crippen LogP contribution in [0, 0.1) is 0 Å². The number of hydrogen-bond acceptors (Lipinski definition) is 3. The van der Waals surface area contributed by atoms with Crippen molar-refractivity contribution in [1.29, 1.82) is 0 Å². The lowest BCUT2D eigenvalue weighted by Gasteiger charge is -2.06. The molecule has 5 nitrogen and oxygen atoms in total. The Balaban J connectivity index is 2.01. The van der Waals surface area contributed by atoms with Crippen molar-refractivity contribution in [1.82, 2.24) is 10.0 Å². The van der Waals surface area contributed by atoms with Gasteiger partial charge < -0.3 is 9.30 Å². The lowest BCUT2D eigenvalue weighted by Crippen LogP contribution is -2.24. The molecule has 1 aromatic carbocycles. The van der Waals surface area contributed by atoms with Crippen molar-refractivity contribution in [3.05, 3.63) is 54.4 Å². The molecule has 2 rings (SSSR count). The van der Waals surface area contributed by atoms with Gasteiger partial charge in [-0.2, -0.15) is 0 Å². The van der Waals surface area contributed by atoms with E-state index in [1.807, 2.05) is 41.2 Å². The zero-order valence-corrected chi connectivity index (χ0v) is 10.00. The van der Waals surface area contributed by atoms with Gasteiger partial charge in [0.25, 0.3) is 5.91 Å². The van der Waals surface area contributed by atoms with E-state index in [9.17, 15) is 4.79 Å². The van der Waals surface area contributed by atoms with Crippen LogP contribution in [0.15, 0.2) is 48.8 Å². The van der Waals surface area contributed by atoms with E-state index >= 15 is 0 Å². The molecule has 2 aromatic rings. The van der Waals surface area contributed by atoms with Crippen molar-refractivity contribution in [2.75, 3.05) is 13.9 Å². The Labute approximate surface area is 105 Å². The highest BCUT2D eigenvalue weighted by Crippen LogP contribution is 2.09. The molecule has 0 aliphatic carbocycles. The minimum atomic E-state index is -0.300. The summed E-state index contributed by atoms with van der Waals surface area (Å²) in [6.07, 6.45) is 3.88. The minimum absolute atomic E-state index is 0.0210. The number of nitrogens with one attached hydrogen (secondary N) is 1. The van der Waals surface area contributed by atoms with Crippen LogP contribution in [0.3, 0.4) is 0 Å². The molecule has 0 saturated heterocycles. The average Bonchev–Trinajstić information content (AvgIpc) is 2.93. The molecular formula is C13H14N2O3. The summed E-state index contributed by atoms with van der Waals surface area (Å²) in [4.78, 5) is 16.4. The second-order valence-corrected chi connectivity index (χ2v) is 3.62. The van der Waals surface area contributed by atoms with Gasteiger partial charge in [0.15, 0.2) is 6.79 Å². The molecule has 0 fully saturated rings. The van der Waals surface area contributed by atoms with E-state index in [1.54, 1.807) is 12.1 Å². The van der Waals surface area contributed by atoms with Crippen LogP contribution < -0.4 is 5.48 Å². The monoisotopic (exact) mass is 246 g/mol. The molecule has 0 spiro atoms. The number of aromatic nitrogens is 1. The first kappa shape index (κ1) is 12.3. The topological polar surface area (TPSA) is 52.5 Å². The van der Waals surface area contributed by atoms with Gasteiger partial charge >= 0.3 is 0 Å². The molecule has 5 heteroatoms. The number of hydroxylamine groups is 1. The number of benzene rings is 1. The molecule has 1 amide bonds. The fraction of sp³-hybridized carbons (Fsp3) is 0.154. The summed E-state index contributed by atoms with van der Waals surface area (Å²) in [5.74, 6) is -0.300. The standard InChI is InChI=1S/C13H14N2O3/c1-17-10-18-14-13(16)11-4-6-12(7-5-11)15-8-2-3-9-15/h2-9H,10H2,1H3,(H,14,16). The normalized spacial score (nSPS) is 10.3. The first-order valence-electron chi connectivity index (χ1n) is 5.46. The maximum atomic E-state index is 11.6. The molecule has 1 aromatic heterocycles. The molecule has 0 bridgehead atoms. The highest BCUT2D eigenvalue weighted by molar-refractivity contribution is 5.93. The molecule has 0 aliphatic rings. The maximum Gasteiger partial charge on any atom is 0.274 e. The Morgan fingerprint density at radius 2 is 1.89 bits per heavy atom. The summed E-state index contributed by atoms with van der Waals surface area (Å²) in [6, 6.07) is 11.1. The van der Waals surface area contributed by atoms with Gasteiger partial charge in [0.05, 0.1) is 0 Å². The Morgan fingerprint density at radius 1 is 1.22 bits per heavy atom. The van der Waals surface area contributed by atoms with E-state index in [1.165, 1.54) is 7.11 Å². The van der Waals surface area contributed by atoms with E-state index in [0.29, 0.717) is 5.56 Å². The molecule has 0 saturated carbocycles. The number of ether oxygens (including phenoxy) is 1. The summed E-state index contributed by atoms with van der Waals surface area (Å²) < 4.78 is 6.62. The Kier molecular flexibility index (Phi) is 4.11. The van der Waals surface area contributed by atoms with Gasteiger partial charge in [-0.25, -0.2) is 10.3 Å². The molecule has 0 atom stereocenters. The molecule has 0 unspecified atom stereocenters. The van der Waals surface area contributed by atoms with Gasteiger partial charge in [-0.1, -0.05) is 0 Å². The molecule has 18 heavy (non-hydrogen) atoms. The summed E-state index contributed by atoms with van der Waals surface area (Å²) >= 11 is 0. The van der Waals surface area contributed by atoms with E-state index in [4.69, 9.17) is 4.84 Å². The number of methoxy groups -OCH3 is 1. The smallest absolute Gasteiger partial charge is 0.274 e. The van der Waals surface area contributed by atoms with Crippen LogP contribution in [-0.2, 0) is 9.57 Å². The van der Waals surface area contributed by atoms with Gasteiger partial charge in [0.2, 0.25) is 0 Å². The van der Waals surface area contributed by atoms with Gasteiger partial charge in [-0.05, 0) is 36.4 Å². The molecule has 94 valence electrons. The average molecular weight is 246 g/mol. The van der Waals surface area contributed by atoms with Crippen LogP contribution in [0.5, 0.6) is 0 Å². The maximum absolute atomic E-state index is 11.6. The van der Waals surface area contributed by atoms with Crippen LogP contribution in [0.4, 0.5) is 0 Å². The largest absolute Gasteiger partial charge is 0.356 e. The lowest BCUT2D eigenvalue weighted by atomic mass is 10.2. The highest BCUT2D eigenvalue weighted by Gasteiger charge is 2.05. The first-order chi connectivity index (χ1) is 8.81. The van der Waals surface area contributed by atoms with Crippen molar-refractivity contribution < 1.29 is 14.4 Å². The third-order valence-electron chi connectivity index (χ3n) is 2.37. The van der Waals surface area contributed by atoms with E-state index < -0.39 is 0 Å². The first-order valence-corrected chi connectivity index (χ1v) is 5.46. The number of amides is 1. The van der Waals surface area contributed by atoms with Crippen molar-refractivity contribution in [3.8, 4) is 5.69 Å². The molecule has 0 radical (unpaired) electrons. The van der Waals surface area contributed by atoms with Crippen LogP contribution >= 0.6 is 0 Å². The van der Waals surface area contributed by atoms with Crippen LogP contribution in [-0.4, -0.2) is 24.4 Å². The Hall–Kier alpha value is -2.11. The van der Waals surface area contributed by atoms with Crippen molar-refractivity contribution in [2.45, 2.75) is 0 Å². The predicted octanol–water partition coefficient (Wildman–Crippen LogP) is 1.74. The van der Waals surface area contributed by atoms with Crippen molar-refractivity contribution in [3.63, 3.8) is 0 Å². The van der Waals surface area contributed by atoms with E-state index in [-0.39, 0.29) is 12.7 Å².